The molecule has 1 amide bonds. The van der Waals surface area contributed by atoms with Gasteiger partial charge in [-0.25, -0.2) is 0 Å². The standard InChI is InChI=1S/C19H28N2O3/c1-14(2)17(21-7-9-23-10-8-21)12-20-19(22)16-11-15-5-3-4-6-18(15)24-13-16/h3-6,14,16-17H,7-13H2,1-2H3,(H,20,22). The lowest BCUT2D eigenvalue weighted by atomic mass is 9.95. The summed E-state index contributed by atoms with van der Waals surface area (Å²) in [6, 6.07) is 8.33. The quantitative estimate of drug-likeness (QED) is 0.892. The second-order valence-corrected chi connectivity index (χ2v) is 7.02. The molecule has 1 aromatic rings. The van der Waals surface area contributed by atoms with Crippen molar-refractivity contribution in [3.8, 4) is 5.75 Å². The smallest absolute Gasteiger partial charge is 0.226 e. The van der Waals surface area contributed by atoms with Crippen LogP contribution in [0.2, 0.25) is 0 Å². The molecule has 0 saturated carbocycles. The molecule has 0 aromatic heterocycles. The van der Waals surface area contributed by atoms with Crippen molar-refractivity contribution in [2.24, 2.45) is 11.8 Å². The molecule has 0 radical (unpaired) electrons. The number of benzene rings is 1. The number of hydrogen-bond donors (Lipinski definition) is 1. The number of fused-ring (bicyclic) bond motifs is 1. The van der Waals surface area contributed by atoms with Gasteiger partial charge in [0.05, 0.1) is 19.1 Å². The van der Waals surface area contributed by atoms with E-state index in [1.165, 1.54) is 0 Å². The first-order valence-electron chi connectivity index (χ1n) is 8.95. The maximum Gasteiger partial charge on any atom is 0.226 e. The van der Waals surface area contributed by atoms with E-state index in [-0.39, 0.29) is 11.8 Å². The van der Waals surface area contributed by atoms with Crippen molar-refractivity contribution >= 4 is 5.91 Å². The van der Waals surface area contributed by atoms with Gasteiger partial charge in [0, 0.05) is 25.7 Å². The number of rotatable bonds is 5. The molecule has 5 nitrogen and oxygen atoms in total. The van der Waals surface area contributed by atoms with Crippen LogP contribution in [0.25, 0.3) is 0 Å². The number of ether oxygens (including phenoxy) is 2. The van der Waals surface area contributed by atoms with Gasteiger partial charge >= 0.3 is 0 Å². The van der Waals surface area contributed by atoms with Gasteiger partial charge in [-0.3, -0.25) is 9.69 Å². The summed E-state index contributed by atoms with van der Waals surface area (Å²) in [7, 11) is 0. The molecular formula is C19H28N2O3. The van der Waals surface area contributed by atoms with Crippen molar-refractivity contribution in [2.75, 3.05) is 39.5 Å². The van der Waals surface area contributed by atoms with Crippen molar-refractivity contribution in [1.29, 1.82) is 0 Å². The minimum atomic E-state index is -0.0996. The monoisotopic (exact) mass is 332 g/mol. The molecule has 1 saturated heterocycles. The Hall–Kier alpha value is -1.59. The Kier molecular flexibility index (Phi) is 5.74. The molecule has 5 heteroatoms. The predicted octanol–water partition coefficient (Wildman–Crippen LogP) is 1.71. The number of amides is 1. The summed E-state index contributed by atoms with van der Waals surface area (Å²) in [6.07, 6.45) is 0.756. The molecule has 0 spiro atoms. The molecule has 2 unspecified atom stereocenters. The molecule has 0 bridgehead atoms. The highest BCUT2D eigenvalue weighted by atomic mass is 16.5. The molecule has 1 aromatic carbocycles. The summed E-state index contributed by atoms with van der Waals surface area (Å²) in [5.41, 5.74) is 1.12. The van der Waals surface area contributed by atoms with E-state index in [9.17, 15) is 4.79 Å². The number of hydrogen-bond acceptors (Lipinski definition) is 4. The number of carbonyl (C=O) groups excluding carboxylic acids is 1. The molecule has 3 rings (SSSR count). The van der Waals surface area contributed by atoms with Crippen molar-refractivity contribution in [3.63, 3.8) is 0 Å². The minimum absolute atomic E-state index is 0.0996. The van der Waals surface area contributed by atoms with Gasteiger partial charge in [0.1, 0.15) is 12.4 Å². The second-order valence-electron chi connectivity index (χ2n) is 7.02. The summed E-state index contributed by atoms with van der Waals surface area (Å²) in [4.78, 5) is 15.0. The van der Waals surface area contributed by atoms with Gasteiger partial charge in [0.2, 0.25) is 5.91 Å². The zero-order valence-corrected chi connectivity index (χ0v) is 14.7. The number of carbonyl (C=O) groups is 1. The Morgan fingerprint density at radius 2 is 2.04 bits per heavy atom. The first-order valence-corrected chi connectivity index (χ1v) is 8.95. The van der Waals surface area contributed by atoms with Crippen LogP contribution in [-0.4, -0.2) is 56.3 Å². The first kappa shape index (κ1) is 17.2. The fourth-order valence-electron chi connectivity index (χ4n) is 3.54. The highest BCUT2D eigenvalue weighted by Crippen LogP contribution is 2.26. The lowest BCUT2D eigenvalue weighted by molar-refractivity contribution is -0.126. The van der Waals surface area contributed by atoms with Crippen molar-refractivity contribution in [1.82, 2.24) is 10.2 Å². The first-order chi connectivity index (χ1) is 11.6. The number of nitrogens with zero attached hydrogens (tertiary/aromatic N) is 1. The normalized spacial score (nSPS) is 22.5. The molecule has 0 aliphatic carbocycles. The average molecular weight is 332 g/mol. The van der Waals surface area contributed by atoms with Crippen LogP contribution in [0.5, 0.6) is 5.75 Å². The molecule has 2 heterocycles. The van der Waals surface area contributed by atoms with Crippen molar-refractivity contribution in [3.05, 3.63) is 29.8 Å². The lowest BCUT2D eigenvalue weighted by Gasteiger charge is -2.37. The number of para-hydroxylation sites is 1. The van der Waals surface area contributed by atoms with Gasteiger partial charge in [-0.05, 0) is 24.0 Å². The van der Waals surface area contributed by atoms with Crippen LogP contribution < -0.4 is 10.1 Å². The van der Waals surface area contributed by atoms with E-state index in [1.54, 1.807) is 0 Å². The zero-order valence-electron chi connectivity index (χ0n) is 14.7. The van der Waals surface area contributed by atoms with Crippen LogP contribution in [0.3, 0.4) is 0 Å². The summed E-state index contributed by atoms with van der Waals surface area (Å²) in [6.45, 7) is 9.03. The Morgan fingerprint density at radius 3 is 2.79 bits per heavy atom. The van der Waals surface area contributed by atoms with Crippen LogP contribution in [-0.2, 0) is 16.0 Å². The van der Waals surface area contributed by atoms with Crippen LogP contribution in [0.1, 0.15) is 19.4 Å². The third-order valence-corrected chi connectivity index (χ3v) is 5.02. The Bertz CT molecular complexity index is 555. The summed E-state index contributed by atoms with van der Waals surface area (Å²) in [5, 5.41) is 3.16. The van der Waals surface area contributed by atoms with Crippen LogP contribution in [0.15, 0.2) is 24.3 Å². The van der Waals surface area contributed by atoms with E-state index >= 15 is 0 Å². The van der Waals surface area contributed by atoms with Gasteiger partial charge in [-0.1, -0.05) is 32.0 Å². The highest BCUT2D eigenvalue weighted by Gasteiger charge is 2.28. The van der Waals surface area contributed by atoms with Crippen molar-refractivity contribution < 1.29 is 14.3 Å². The fraction of sp³-hybridized carbons (Fsp3) is 0.632. The summed E-state index contributed by atoms with van der Waals surface area (Å²) in [5.74, 6) is 1.41. The largest absolute Gasteiger partial charge is 0.492 e. The van der Waals surface area contributed by atoms with Gasteiger partial charge in [0.15, 0.2) is 0 Å². The molecule has 2 atom stereocenters. The minimum Gasteiger partial charge on any atom is -0.492 e. The van der Waals surface area contributed by atoms with Gasteiger partial charge in [0.25, 0.3) is 0 Å². The van der Waals surface area contributed by atoms with Crippen molar-refractivity contribution in [2.45, 2.75) is 26.3 Å². The zero-order chi connectivity index (χ0) is 16.9. The van der Waals surface area contributed by atoms with E-state index < -0.39 is 0 Å². The maximum atomic E-state index is 12.6. The molecule has 1 fully saturated rings. The van der Waals surface area contributed by atoms with E-state index in [0.29, 0.717) is 25.1 Å². The number of morpholine rings is 1. The molecule has 24 heavy (non-hydrogen) atoms. The van der Waals surface area contributed by atoms with Crippen LogP contribution in [0, 0.1) is 11.8 Å². The number of nitrogens with one attached hydrogen (secondary N) is 1. The highest BCUT2D eigenvalue weighted by molar-refractivity contribution is 5.79. The third kappa shape index (κ3) is 4.08. The van der Waals surface area contributed by atoms with Crippen LogP contribution in [0.4, 0.5) is 0 Å². The summed E-state index contributed by atoms with van der Waals surface area (Å²) < 4.78 is 11.2. The van der Waals surface area contributed by atoms with E-state index in [1.807, 2.05) is 24.3 Å². The topological polar surface area (TPSA) is 50.8 Å². The molecule has 2 aliphatic rings. The molecular weight excluding hydrogens is 304 g/mol. The fourth-order valence-corrected chi connectivity index (χ4v) is 3.54. The maximum absolute atomic E-state index is 12.6. The Morgan fingerprint density at radius 1 is 1.29 bits per heavy atom. The Labute approximate surface area is 144 Å². The van der Waals surface area contributed by atoms with E-state index in [4.69, 9.17) is 9.47 Å². The van der Waals surface area contributed by atoms with E-state index in [0.717, 1.165) is 44.0 Å². The predicted molar refractivity (Wildman–Crippen MR) is 93.2 cm³/mol. The van der Waals surface area contributed by atoms with E-state index in [2.05, 4.69) is 24.1 Å². The van der Waals surface area contributed by atoms with Gasteiger partial charge in [-0.15, -0.1) is 0 Å². The third-order valence-electron chi connectivity index (χ3n) is 5.02. The Balaban J connectivity index is 1.54. The second kappa shape index (κ2) is 7.99. The molecule has 1 N–H and O–H groups in total. The van der Waals surface area contributed by atoms with Crippen LogP contribution >= 0.6 is 0 Å². The molecule has 2 aliphatic heterocycles. The van der Waals surface area contributed by atoms with Gasteiger partial charge in [-0.2, -0.15) is 0 Å². The molecule has 132 valence electrons. The average Bonchev–Trinajstić information content (AvgIpc) is 2.62. The SMILES string of the molecule is CC(C)C(CNC(=O)C1COc2ccccc2C1)N1CCOCC1. The van der Waals surface area contributed by atoms with Gasteiger partial charge < -0.3 is 14.8 Å². The lowest BCUT2D eigenvalue weighted by Crippen LogP contribution is -2.52. The summed E-state index contributed by atoms with van der Waals surface area (Å²) >= 11 is 0.